The molecule has 2 aromatic heterocycles. The number of carbonyl (C=O) groups is 1. The number of aromatic nitrogens is 2. The van der Waals surface area contributed by atoms with Gasteiger partial charge >= 0.3 is 0 Å². The summed E-state index contributed by atoms with van der Waals surface area (Å²) in [5.74, 6) is 0.108. The summed E-state index contributed by atoms with van der Waals surface area (Å²) < 4.78 is 7.29. The molecule has 0 spiro atoms. The van der Waals surface area contributed by atoms with Crippen LogP contribution in [-0.2, 0) is 11.4 Å². The molecule has 0 saturated carbocycles. The largest absolute Gasteiger partial charge is 0.485 e. The summed E-state index contributed by atoms with van der Waals surface area (Å²) in [6, 6.07) is 15.9. The number of ether oxygens (including phenoxy) is 1. The van der Waals surface area contributed by atoms with Gasteiger partial charge in [0.05, 0.1) is 11.4 Å². The molecule has 0 aliphatic rings. The van der Waals surface area contributed by atoms with Gasteiger partial charge in [-0.3, -0.25) is 14.0 Å². The monoisotopic (exact) mass is 437 g/mol. The van der Waals surface area contributed by atoms with E-state index in [4.69, 9.17) is 16.3 Å². The quantitative estimate of drug-likeness (QED) is 0.446. The van der Waals surface area contributed by atoms with E-state index in [9.17, 15) is 9.59 Å². The van der Waals surface area contributed by atoms with Crippen molar-refractivity contribution in [2.24, 2.45) is 0 Å². The highest BCUT2D eigenvalue weighted by Crippen LogP contribution is 2.28. The lowest BCUT2D eigenvalue weighted by molar-refractivity contribution is -0.111. The van der Waals surface area contributed by atoms with Gasteiger partial charge in [0.15, 0.2) is 4.96 Å². The molecular weight excluding hydrogens is 422 g/mol. The molecular formula is C22H16ClN3O3S. The number of nitrogens with one attached hydrogen (secondary N) is 1. The van der Waals surface area contributed by atoms with Crippen LogP contribution in [0, 0.1) is 0 Å². The first-order chi connectivity index (χ1) is 14.6. The number of carbonyl (C=O) groups excluding carboxylic acids is 1. The molecule has 150 valence electrons. The lowest BCUT2D eigenvalue weighted by atomic mass is 10.2. The zero-order valence-corrected chi connectivity index (χ0v) is 17.2. The highest BCUT2D eigenvalue weighted by molar-refractivity contribution is 7.15. The minimum atomic E-state index is -0.317. The molecule has 2 heterocycles. The van der Waals surface area contributed by atoms with Gasteiger partial charge in [0.2, 0.25) is 5.91 Å². The molecule has 0 radical (unpaired) electrons. The number of halogens is 1. The smallest absolute Gasteiger partial charge is 0.258 e. The molecule has 0 aliphatic carbocycles. The molecule has 0 atom stereocenters. The van der Waals surface area contributed by atoms with Gasteiger partial charge in [0.1, 0.15) is 12.4 Å². The van der Waals surface area contributed by atoms with Crippen molar-refractivity contribution in [2.75, 3.05) is 5.32 Å². The van der Waals surface area contributed by atoms with Crippen LogP contribution in [0.1, 0.15) is 11.3 Å². The predicted molar refractivity (Wildman–Crippen MR) is 119 cm³/mol. The van der Waals surface area contributed by atoms with Gasteiger partial charge in [0, 0.05) is 28.7 Å². The number of amides is 1. The van der Waals surface area contributed by atoms with Crippen molar-refractivity contribution in [2.45, 2.75) is 6.61 Å². The Balaban J connectivity index is 1.49. The molecule has 0 fully saturated rings. The van der Waals surface area contributed by atoms with Crippen molar-refractivity contribution >= 4 is 45.6 Å². The number of rotatable bonds is 6. The number of fused-ring (bicyclic) bond motifs is 1. The van der Waals surface area contributed by atoms with E-state index in [-0.39, 0.29) is 18.1 Å². The first-order valence-electron chi connectivity index (χ1n) is 9.01. The van der Waals surface area contributed by atoms with Crippen LogP contribution in [0.2, 0.25) is 5.02 Å². The first kappa shape index (κ1) is 19.9. The van der Waals surface area contributed by atoms with Gasteiger partial charge in [0.25, 0.3) is 5.56 Å². The molecule has 0 bridgehead atoms. The third-order valence-electron chi connectivity index (χ3n) is 4.16. The molecule has 2 aromatic carbocycles. The van der Waals surface area contributed by atoms with Gasteiger partial charge in [-0.2, -0.15) is 0 Å². The number of anilines is 1. The van der Waals surface area contributed by atoms with Crippen molar-refractivity contribution in [1.29, 1.82) is 0 Å². The molecule has 0 saturated heterocycles. The van der Waals surface area contributed by atoms with Gasteiger partial charge in [-0.1, -0.05) is 41.9 Å². The predicted octanol–water partition coefficient (Wildman–Crippen LogP) is 4.64. The second-order valence-electron chi connectivity index (χ2n) is 6.30. The zero-order valence-electron chi connectivity index (χ0n) is 15.6. The first-order valence-corrected chi connectivity index (χ1v) is 10.3. The Morgan fingerprint density at radius 1 is 1.20 bits per heavy atom. The Morgan fingerprint density at radius 2 is 2.03 bits per heavy atom. The maximum atomic E-state index is 12.3. The fourth-order valence-electron chi connectivity index (χ4n) is 2.75. The Bertz CT molecular complexity index is 1280. The average molecular weight is 438 g/mol. The van der Waals surface area contributed by atoms with E-state index >= 15 is 0 Å². The minimum absolute atomic E-state index is 0.0774. The summed E-state index contributed by atoms with van der Waals surface area (Å²) in [5, 5.41) is 5.03. The van der Waals surface area contributed by atoms with Crippen molar-refractivity contribution in [3.8, 4) is 5.75 Å². The molecule has 30 heavy (non-hydrogen) atoms. The third-order valence-corrected chi connectivity index (χ3v) is 5.15. The van der Waals surface area contributed by atoms with Crippen molar-refractivity contribution in [1.82, 2.24) is 9.38 Å². The van der Waals surface area contributed by atoms with Crippen molar-refractivity contribution in [3.63, 3.8) is 0 Å². The second kappa shape index (κ2) is 8.94. The third kappa shape index (κ3) is 4.76. The lowest BCUT2D eigenvalue weighted by Gasteiger charge is -2.12. The number of hydrogen-bond acceptors (Lipinski definition) is 5. The zero-order chi connectivity index (χ0) is 20.9. The highest BCUT2D eigenvalue weighted by Gasteiger charge is 2.10. The van der Waals surface area contributed by atoms with Gasteiger partial charge in [-0.05, 0) is 29.8 Å². The normalized spacial score (nSPS) is 11.1. The summed E-state index contributed by atoms with van der Waals surface area (Å²) in [6.07, 6.45) is 4.83. The summed E-state index contributed by atoms with van der Waals surface area (Å²) in [7, 11) is 0. The minimum Gasteiger partial charge on any atom is -0.485 e. The Morgan fingerprint density at radius 3 is 2.87 bits per heavy atom. The summed E-state index contributed by atoms with van der Waals surface area (Å²) in [6.45, 7) is 0.0774. The van der Waals surface area contributed by atoms with Crippen molar-refractivity contribution < 1.29 is 9.53 Å². The summed E-state index contributed by atoms with van der Waals surface area (Å²) in [4.78, 5) is 29.5. The van der Waals surface area contributed by atoms with Crippen LogP contribution in [0.5, 0.6) is 5.75 Å². The fourth-order valence-corrected chi connectivity index (χ4v) is 3.66. The van der Waals surface area contributed by atoms with E-state index in [0.717, 1.165) is 5.56 Å². The second-order valence-corrected chi connectivity index (χ2v) is 7.61. The molecule has 8 heteroatoms. The number of thiazole rings is 1. The molecule has 0 aliphatic heterocycles. The summed E-state index contributed by atoms with van der Waals surface area (Å²) >= 11 is 7.45. The molecule has 0 unspecified atom stereocenters. The molecule has 1 amide bonds. The molecule has 6 nitrogen and oxygen atoms in total. The molecule has 1 N–H and O–H groups in total. The summed E-state index contributed by atoms with van der Waals surface area (Å²) in [5.41, 5.74) is 1.67. The Kier molecular flexibility index (Phi) is 5.92. The Labute approximate surface area is 181 Å². The van der Waals surface area contributed by atoms with E-state index in [1.54, 1.807) is 35.9 Å². The van der Waals surface area contributed by atoms with Gasteiger partial charge in [-0.25, -0.2) is 4.98 Å². The average Bonchev–Trinajstić information content (AvgIpc) is 3.22. The number of hydrogen-bond donors (Lipinski definition) is 1. The number of nitrogens with zero attached hydrogens (tertiary/aromatic N) is 2. The lowest BCUT2D eigenvalue weighted by Crippen LogP contribution is -2.14. The van der Waals surface area contributed by atoms with E-state index in [1.165, 1.54) is 27.9 Å². The standard InChI is InChI=1S/C22H16ClN3O3S/c23-16-7-8-19(29-14-17-13-21(28)26-10-11-30-22(26)24-17)18(12-16)25-20(27)9-6-15-4-2-1-3-5-15/h1-13H,14H2,(H,25,27)/b9-6+. The maximum absolute atomic E-state index is 12.3. The Hall–Kier alpha value is -3.42. The molecule has 4 rings (SSSR count). The van der Waals surface area contributed by atoms with Crippen LogP contribution < -0.4 is 15.6 Å². The van der Waals surface area contributed by atoms with E-state index < -0.39 is 0 Å². The van der Waals surface area contributed by atoms with Crippen LogP contribution in [0.25, 0.3) is 11.0 Å². The molecule has 4 aromatic rings. The SMILES string of the molecule is O=C(/C=C/c1ccccc1)Nc1cc(Cl)ccc1OCc1cc(=O)n2ccsc2n1. The van der Waals surface area contributed by atoms with Crippen LogP contribution >= 0.6 is 22.9 Å². The number of benzene rings is 2. The highest BCUT2D eigenvalue weighted by atomic mass is 35.5. The van der Waals surface area contributed by atoms with Gasteiger partial charge in [-0.15, -0.1) is 11.3 Å². The van der Waals surface area contributed by atoms with E-state index in [0.29, 0.717) is 27.1 Å². The van der Waals surface area contributed by atoms with E-state index in [2.05, 4.69) is 10.3 Å². The fraction of sp³-hybridized carbons (Fsp3) is 0.0455. The topological polar surface area (TPSA) is 72.7 Å². The van der Waals surface area contributed by atoms with Gasteiger partial charge < -0.3 is 10.1 Å². The van der Waals surface area contributed by atoms with Crippen molar-refractivity contribution in [3.05, 3.63) is 98.9 Å². The van der Waals surface area contributed by atoms with E-state index in [1.807, 2.05) is 30.3 Å². The van der Waals surface area contributed by atoms with Crippen LogP contribution in [0.3, 0.4) is 0 Å². The van der Waals surface area contributed by atoms with Crippen LogP contribution in [0.15, 0.2) is 77.0 Å². The maximum Gasteiger partial charge on any atom is 0.258 e. The van der Waals surface area contributed by atoms with Crippen LogP contribution in [-0.4, -0.2) is 15.3 Å². The van der Waals surface area contributed by atoms with Crippen LogP contribution in [0.4, 0.5) is 5.69 Å².